The first-order valence-electron chi connectivity index (χ1n) is 7.90. The minimum atomic E-state index is 0.0452. The van der Waals surface area contributed by atoms with Gasteiger partial charge in [0, 0.05) is 30.5 Å². The molecule has 1 unspecified atom stereocenters. The Morgan fingerprint density at radius 2 is 1.61 bits per heavy atom. The lowest BCUT2D eigenvalue weighted by atomic mass is 9.88. The summed E-state index contributed by atoms with van der Waals surface area (Å²) >= 11 is 6.00. The van der Waals surface area contributed by atoms with Crippen LogP contribution in [0.2, 0.25) is 5.02 Å². The van der Waals surface area contributed by atoms with Gasteiger partial charge in [0.2, 0.25) is 5.91 Å². The molecule has 0 spiro atoms. The number of hydrogen-bond acceptors (Lipinski definition) is 2. The molecule has 1 saturated heterocycles. The zero-order valence-corrected chi connectivity index (χ0v) is 13.7. The number of nitrogens with zero attached hydrogens (tertiary/aromatic N) is 1. The second-order valence-electron chi connectivity index (χ2n) is 5.71. The molecule has 1 aliphatic rings. The SMILES string of the molecule is O=C(CC(c1ccccc1)c1ccc(Cl)cc1)N1CCOCC1. The molecular formula is C19H20ClNO2. The van der Waals surface area contributed by atoms with Gasteiger partial charge in [0.15, 0.2) is 0 Å². The molecule has 0 aromatic heterocycles. The summed E-state index contributed by atoms with van der Waals surface area (Å²) in [7, 11) is 0. The summed E-state index contributed by atoms with van der Waals surface area (Å²) < 4.78 is 5.33. The van der Waals surface area contributed by atoms with E-state index in [2.05, 4.69) is 12.1 Å². The molecule has 1 aliphatic heterocycles. The second kappa shape index (κ2) is 7.62. The van der Waals surface area contributed by atoms with Crippen LogP contribution in [0.1, 0.15) is 23.5 Å². The van der Waals surface area contributed by atoms with Crippen molar-refractivity contribution >= 4 is 17.5 Å². The molecule has 3 rings (SSSR count). The van der Waals surface area contributed by atoms with Crippen molar-refractivity contribution < 1.29 is 9.53 Å². The van der Waals surface area contributed by atoms with Crippen LogP contribution in [0, 0.1) is 0 Å². The molecule has 1 atom stereocenters. The maximum Gasteiger partial charge on any atom is 0.223 e. The molecule has 0 aliphatic carbocycles. The van der Waals surface area contributed by atoms with Gasteiger partial charge in [-0.15, -0.1) is 0 Å². The first-order valence-corrected chi connectivity index (χ1v) is 8.28. The van der Waals surface area contributed by atoms with Gasteiger partial charge in [-0.25, -0.2) is 0 Å². The highest BCUT2D eigenvalue weighted by atomic mass is 35.5. The number of halogens is 1. The maximum atomic E-state index is 12.7. The number of carbonyl (C=O) groups excluding carboxylic acids is 1. The molecule has 4 heteroatoms. The van der Waals surface area contributed by atoms with E-state index in [1.165, 1.54) is 0 Å². The number of hydrogen-bond donors (Lipinski definition) is 0. The Morgan fingerprint density at radius 1 is 1.00 bits per heavy atom. The summed E-state index contributed by atoms with van der Waals surface area (Å²) in [5.41, 5.74) is 2.26. The van der Waals surface area contributed by atoms with Crippen LogP contribution in [0.25, 0.3) is 0 Å². The van der Waals surface area contributed by atoms with Crippen molar-refractivity contribution in [3.63, 3.8) is 0 Å². The van der Waals surface area contributed by atoms with E-state index in [9.17, 15) is 4.79 Å². The maximum absolute atomic E-state index is 12.7. The average Bonchev–Trinajstić information content (AvgIpc) is 2.62. The molecular weight excluding hydrogens is 310 g/mol. The Bertz CT molecular complexity index is 636. The minimum Gasteiger partial charge on any atom is -0.378 e. The number of ether oxygens (including phenoxy) is 1. The van der Waals surface area contributed by atoms with Crippen LogP contribution in [-0.4, -0.2) is 37.1 Å². The van der Waals surface area contributed by atoms with E-state index in [1.54, 1.807) is 0 Å². The van der Waals surface area contributed by atoms with Gasteiger partial charge in [-0.05, 0) is 23.3 Å². The third-order valence-electron chi connectivity index (χ3n) is 4.22. The van der Waals surface area contributed by atoms with Crippen molar-refractivity contribution in [2.75, 3.05) is 26.3 Å². The Kier molecular flexibility index (Phi) is 5.31. The highest BCUT2D eigenvalue weighted by molar-refractivity contribution is 6.30. The monoisotopic (exact) mass is 329 g/mol. The fraction of sp³-hybridized carbons (Fsp3) is 0.316. The molecule has 1 heterocycles. The van der Waals surface area contributed by atoms with Crippen LogP contribution in [0.3, 0.4) is 0 Å². The summed E-state index contributed by atoms with van der Waals surface area (Å²) in [4.78, 5) is 14.6. The van der Waals surface area contributed by atoms with Crippen molar-refractivity contribution in [2.24, 2.45) is 0 Å². The van der Waals surface area contributed by atoms with Crippen LogP contribution < -0.4 is 0 Å². The first kappa shape index (κ1) is 16.0. The van der Waals surface area contributed by atoms with Gasteiger partial charge < -0.3 is 9.64 Å². The number of morpholine rings is 1. The largest absolute Gasteiger partial charge is 0.378 e. The first-order chi connectivity index (χ1) is 11.2. The van der Waals surface area contributed by atoms with Crippen molar-refractivity contribution in [1.29, 1.82) is 0 Å². The van der Waals surface area contributed by atoms with Crippen molar-refractivity contribution in [2.45, 2.75) is 12.3 Å². The van der Waals surface area contributed by atoms with E-state index >= 15 is 0 Å². The quantitative estimate of drug-likeness (QED) is 0.855. The molecule has 0 radical (unpaired) electrons. The van der Waals surface area contributed by atoms with E-state index < -0.39 is 0 Å². The third-order valence-corrected chi connectivity index (χ3v) is 4.47. The van der Waals surface area contributed by atoms with E-state index in [4.69, 9.17) is 16.3 Å². The van der Waals surface area contributed by atoms with Gasteiger partial charge in [-0.1, -0.05) is 54.1 Å². The Hall–Kier alpha value is -1.84. The predicted molar refractivity (Wildman–Crippen MR) is 91.8 cm³/mol. The summed E-state index contributed by atoms with van der Waals surface area (Å²) in [6.07, 6.45) is 0.464. The van der Waals surface area contributed by atoms with Crippen LogP contribution in [0.15, 0.2) is 54.6 Å². The average molecular weight is 330 g/mol. The predicted octanol–water partition coefficient (Wildman–Crippen LogP) is 3.72. The number of benzene rings is 2. The zero-order valence-electron chi connectivity index (χ0n) is 13.0. The summed E-state index contributed by atoms with van der Waals surface area (Å²) in [6, 6.07) is 17.9. The fourth-order valence-electron chi connectivity index (χ4n) is 2.93. The smallest absolute Gasteiger partial charge is 0.223 e. The highest BCUT2D eigenvalue weighted by Crippen LogP contribution is 2.29. The Labute approximate surface area is 141 Å². The number of carbonyl (C=O) groups is 1. The van der Waals surface area contributed by atoms with Gasteiger partial charge in [0.1, 0.15) is 0 Å². The second-order valence-corrected chi connectivity index (χ2v) is 6.15. The van der Waals surface area contributed by atoms with E-state index in [0.717, 1.165) is 11.1 Å². The van der Waals surface area contributed by atoms with Crippen molar-refractivity contribution in [3.8, 4) is 0 Å². The van der Waals surface area contributed by atoms with Crippen LogP contribution >= 0.6 is 11.6 Å². The summed E-state index contributed by atoms with van der Waals surface area (Å²) in [5.74, 6) is 0.223. The normalized spacial score (nSPS) is 16.1. The van der Waals surface area contributed by atoms with Crippen molar-refractivity contribution in [3.05, 3.63) is 70.7 Å². The van der Waals surface area contributed by atoms with E-state index in [-0.39, 0.29) is 11.8 Å². The van der Waals surface area contributed by atoms with Crippen LogP contribution in [0.4, 0.5) is 0 Å². The molecule has 0 bridgehead atoms. The van der Waals surface area contributed by atoms with Gasteiger partial charge in [-0.3, -0.25) is 4.79 Å². The van der Waals surface area contributed by atoms with E-state index in [1.807, 2.05) is 47.4 Å². The molecule has 2 aromatic rings. The van der Waals surface area contributed by atoms with Gasteiger partial charge in [0.05, 0.1) is 13.2 Å². The molecule has 1 fully saturated rings. The molecule has 1 amide bonds. The lowest BCUT2D eigenvalue weighted by Gasteiger charge is -2.29. The third kappa shape index (κ3) is 4.12. The molecule has 23 heavy (non-hydrogen) atoms. The molecule has 120 valence electrons. The highest BCUT2D eigenvalue weighted by Gasteiger charge is 2.23. The van der Waals surface area contributed by atoms with Gasteiger partial charge in [-0.2, -0.15) is 0 Å². The molecule has 3 nitrogen and oxygen atoms in total. The lowest BCUT2D eigenvalue weighted by molar-refractivity contribution is -0.135. The van der Waals surface area contributed by atoms with Gasteiger partial charge in [0.25, 0.3) is 0 Å². The summed E-state index contributed by atoms with van der Waals surface area (Å²) in [6.45, 7) is 2.62. The molecule has 2 aromatic carbocycles. The Balaban J connectivity index is 1.83. The molecule has 0 saturated carbocycles. The standard InChI is InChI=1S/C19H20ClNO2/c20-17-8-6-16(7-9-17)18(15-4-2-1-3-5-15)14-19(22)21-10-12-23-13-11-21/h1-9,18H,10-14H2. The van der Waals surface area contributed by atoms with E-state index in [0.29, 0.717) is 37.7 Å². The fourth-order valence-corrected chi connectivity index (χ4v) is 3.05. The Morgan fingerprint density at radius 3 is 2.26 bits per heavy atom. The number of amides is 1. The lowest BCUT2D eigenvalue weighted by Crippen LogP contribution is -2.41. The van der Waals surface area contributed by atoms with Crippen LogP contribution in [-0.2, 0) is 9.53 Å². The number of rotatable bonds is 4. The summed E-state index contributed by atoms with van der Waals surface area (Å²) in [5, 5.41) is 0.708. The van der Waals surface area contributed by atoms with Gasteiger partial charge >= 0.3 is 0 Å². The topological polar surface area (TPSA) is 29.5 Å². The zero-order chi connectivity index (χ0) is 16.1. The minimum absolute atomic E-state index is 0.0452. The molecule has 0 N–H and O–H groups in total. The van der Waals surface area contributed by atoms with Crippen molar-refractivity contribution in [1.82, 2.24) is 4.90 Å². The van der Waals surface area contributed by atoms with Crippen LogP contribution in [0.5, 0.6) is 0 Å².